The van der Waals surface area contributed by atoms with Crippen molar-refractivity contribution in [3.8, 4) is 5.75 Å². The molecule has 1 aliphatic rings. The minimum atomic E-state index is -3.85. The Bertz CT molecular complexity index is 1450. The van der Waals surface area contributed by atoms with Crippen molar-refractivity contribution in [2.24, 2.45) is 5.92 Å². The van der Waals surface area contributed by atoms with Crippen molar-refractivity contribution in [3.05, 3.63) is 53.1 Å². The molecule has 0 fully saturated rings. The SMILES string of the molecule is C[C@H]1CCCCO[C@H](CN(C)S(=O)(=O)c2ccc(Cl)cc2)[C@@H](C)CN([C@@H](C)CO)C(=O)c2cc(NS(C)(=O)=O)ccc2O1. The van der Waals surface area contributed by atoms with Crippen LogP contribution in [-0.4, -0.2) is 94.9 Å². The average Bonchev–Trinajstić information content (AvgIpc) is 2.93. The number of aliphatic hydroxyl groups excluding tert-OH is 1. The molecule has 4 atom stereocenters. The van der Waals surface area contributed by atoms with Crippen molar-refractivity contribution in [3.63, 3.8) is 0 Å². The number of hydrogen-bond acceptors (Lipinski definition) is 8. The molecule has 0 aromatic heterocycles. The van der Waals surface area contributed by atoms with Gasteiger partial charge in [0.25, 0.3) is 5.91 Å². The van der Waals surface area contributed by atoms with E-state index < -0.39 is 38.1 Å². The topological polar surface area (TPSA) is 143 Å². The summed E-state index contributed by atoms with van der Waals surface area (Å²) in [5.41, 5.74) is 0.344. The number of rotatable bonds is 8. The van der Waals surface area contributed by atoms with Crippen LogP contribution in [0.15, 0.2) is 47.4 Å². The van der Waals surface area contributed by atoms with Crippen LogP contribution in [0.25, 0.3) is 0 Å². The Morgan fingerprint density at radius 3 is 2.42 bits per heavy atom. The van der Waals surface area contributed by atoms with E-state index in [0.29, 0.717) is 30.2 Å². The minimum Gasteiger partial charge on any atom is -0.490 e. The molecule has 3 rings (SSSR count). The van der Waals surface area contributed by atoms with Gasteiger partial charge in [-0.3, -0.25) is 9.52 Å². The van der Waals surface area contributed by atoms with Crippen LogP contribution in [0.3, 0.4) is 0 Å². The number of benzene rings is 2. The second kappa shape index (κ2) is 15.0. The van der Waals surface area contributed by atoms with Crippen LogP contribution >= 0.6 is 11.6 Å². The number of likely N-dealkylation sites (N-methyl/N-ethyl adjacent to an activating group) is 1. The molecule has 43 heavy (non-hydrogen) atoms. The average molecular weight is 660 g/mol. The van der Waals surface area contributed by atoms with Gasteiger partial charge in [0.1, 0.15) is 5.75 Å². The zero-order valence-electron chi connectivity index (χ0n) is 25.2. The van der Waals surface area contributed by atoms with Gasteiger partial charge in [-0.15, -0.1) is 0 Å². The van der Waals surface area contributed by atoms with Crippen LogP contribution < -0.4 is 9.46 Å². The molecule has 0 radical (unpaired) electrons. The standard InChI is InChI=1S/C29H42ClN3O8S2/c1-20-17-33(21(2)19-34)29(35)26-16-24(31-42(5,36)37)11-14-27(26)41-22(3)8-6-7-15-40-28(20)18-32(4)43(38,39)25-12-9-23(30)10-13-25/h9-14,16,20-22,28,31,34H,6-8,15,17-19H2,1-5H3/t20-,21-,22-,28+/m0/s1. The number of carbonyl (C=O) groups excluding carboxylic acids is 1. The summed E-state index contributed by atoms with van der Waals surface area (Å²) in [6.45, 7) is 5.66. The summed E-state index contributed by atoms with van der Waals surface area (Å²) in [7, 11) is -5.98. The number of nitrogens with one attached hydrogen (secondary N) is 1. The molecular formula is C29H42ClN3O8S2. The van der Waals surface area contributed by atoms with Crippen molar-refractivity contribution in [2.45, 2.75) is 63.2 Å². The lowest BCUT2D eigenvalue weighted by Crippen LogP contribution is -2.48. The van der Waals surface area contributed by atoms with Gasteiger partial charge in [-0.05, 0) is 75.6 Å². The van der Waals surface area contributed by atoms with Gasteiger partial charge in [0, 0.05) is 43.4 Å². The van der Waals surface area contributed by atoms with E-state index in [1.807, 2.05) is 13.8 Å². The first kappa shape index (κ1) is 35.1. The highest BCUT2D eigenvalue weighted by molar-refractivity contribution is 7.92. The first-order valence-corrected chi connectivity index (χ1v) is 17.9. The van der Waals surface area contributed by atoms with Gasteiger partial charge in [0.15, 0.2) is 0 Å². The number of aliphatic hydroxyl groups is 1. The van der Waals surface area contributed by atoms with Crippen LogP contribution in [0.2, 0.25) is 5.02 Å². The highest BCUT2D eigenvalue weighted by Crippen LogP contribution is 2.29. The molecule has 2 N–H and O–H groups in total. The van der Waals surface area contributed by atoms with Crippen LogP contribution in [0.4, 0.5) is 5.69 Å². The number of carbonyl (C=O) groups is 1. The second-order valence-corrected chi connectivity index (χ2v) is 15.4. The van der Waals surface area contributed by atoms with Crippen LogP contribution in [0.1, 0.15) is 50.4 Å². The van der Waals surface area contributed by atoms with E-state index >= 15 is 0 Å². The summed E-state index contributed by atoms with van der Waals surface area (Å²) >= 11 is 5.95. The lowest BCUT2D eigenvalue weighted by Gasteiger charge is -2.35. The Balaban J connectivity index is 1.98. The highest BCUT2D eigenvalue weighted by Gasteiger charge is 2.32. The molecule has 2 aromatic rings. The number of sulfonamides is 2. The predicted molar refractivity (Wildman–Crippen MR) is 167 cm³/mol. The fourth-order valence-electron chi connectivity index (χ4n) is 4.80. The maximum atomic E-state index is 14.1. The van der Waals surface area contributed by atoms with Crippen molar-refractivity contribution in [1.29, 1.82) is 0 Å². The Hall–Kier alpha value is -2.42. The monoisotopic (exact) mass is 659 g/mol. The lowest BCUT2D eigenvalue weighted by atomic mass is 10.0. The Labute approximate surface area is 260 Å². The molecule has 0 aliphatic carbocycles. The molecule has 0 spiro atoms. The number of fused-ring (bicyclic) bond motifs is 1. The first-order valence-electron chi connectivity index (χ1n) is 14.2. The zero-order valence-corrected chi connectivity index (χ0v) is 27.6. The molecule has 11 nitrogen and oxygen atoms in total. The quantitative estimate of drug-likeness (QED) is 0.436. The number of halogens is 1. The molecule has 2 aromatic carbocycles. The molecular weight excluding hydrogens is 618 g/mol. The predicted octanol–water partition coefficient (Wildman–Crippen LogP) is 3.83. The van der Waals surface area contributed by atoms with E-state index in [0.717, 1.165) is 12.7 Å². The Morgan fingerprint density at radius 2 is 1.79 bits per heavy atom. The molecule has 0 saturated heterocycles. The van der Waals surface area contributed by atoms with Crippen LogP contribution in [0, 0.1) is 5.92 Å². The largest absolute Gasteiger partial charge is 0.490 e. The van der Waals surface area contributed by atoms with Gasteiger partial charge >= 0.3 is 0 Å². The Morgan fingerprint density at radius 1 is 1.12 bits per heavy atom. The summed E-state index contributed by atoms with van der Waals surface area (Å²) in [5.74, 6) is -0.520. The van der Waals surface area contributed by atoms with Crippen LogP contribution in [0.5, 0.6) is 5.75 Å². The van der Waals surface area contributed by atoms with Gasteiger partial charge in [-0.2, -0.15) is 4.31 Å². The van der Waals surface area contributed by atoms with Gasteiger partial charge in [0.2, 0.25) is 20.0 Å². The van der Waals surface area contributed by atoms with Crippen LogP contribution in [-0.2, 0) is 24.8 Å². The minimum absolute atomic E-state index is 0.0280. The molecule has 1 aliphatic heterocycles. The van der Waals surface area contributed by atoms with Gasteiger partial charge in [-0.25, -0.2) is 16.8 Å². The normalized spacial score (nSPS) is 21.9. The van der Waals surface area contributed by atoms with E-state index in [1.165, 1.54) is 52.7 Å². The summed E-state index contributed by atoms with van der Waals surface area (Å²) in [6, 6.07) is 9.84. The number of hydrogen-bond donors (Lipinski definition) is 2. The van der Waals surface area contributed by atoms with Gasteiger partial charge in [0.05, 0.1) is 41.6 Å². The van der Waals surface area contributed by atoms with E-state index in [9.17, 15) is 26.7 Å². The molecule has 1 heterocycles. The van der Waals surface area contributed by atoms with E-state index in [-0.39, 0.29) is 47.9 Å². The fourth-order valence-corrected chi connectivity index (χ4v) is 6.66. The third-order valence-corrected chi connectivity index (χ3v) is 10.0. The highest BCUT2D eigenvalue weighted by atomic mass is 35.5. The van der Waals surface area contributed by atoms with Gasteiger partial charge < -0.3 is 19.5 Å². The lowest BCUT2D eigenvalue weighted by molar-refractivity contribution is -0.00833. The molecule has 0 saturated carbocycles. The van der Waals surface area contributed by atoms with Crippen molar-refractivity contribution in [2.75, 3.05) is 44.3 Å². The fraction of sp³-hybridized carbons (Fsp3) is 0.552. The summed E-state index contributed by atoms with van der Waals surface area (Å²) in [6.07, 6.45) is 2.34. The van der Waals surface area contributed by atoms with Crippen molar-refractivity contribution in [1.82, 2.24) is 9.21 Å². The molecule has 0 unspecified atom stereocenters. The number of anilines is 1. The third kappa shape index (κ3) is 9.79. The number of ether oxygens (including phenoxy) is 2. The summed E-state index contributed by atoms with van der Waals surface area (Å²) < 4.78 is 66.5. The van der Waals surface area contributed by atoms with Crippen molar-refractivity contribution >= 4 is 43.2 Å². The molecule has 14 heteroatoms. The van der Waals surface area contributed by atoms with Gasteiger partial charge in [-0.1, -0.05) is 18.5 Å². The summed E-state index contributed by atoms with van der Waals surface area (Å²) in [5, 5.41) is 10.5. The zero-order chi connectivity index (χ0) is 31.9. The van der Waals surface area contributed by atoms with E-state index in [4.69, 9.17) is 21.1 Å². The van der Waals surface area contributed by atoms with Crippen molar-refractivity contribution < 1.29 is 36.2 Å². The number of nitrogens with zero attached hydrogens (tertiary/aromatic N) is 2. The first-order chi connectivity index (χ1) is 20.1. The molecule has 1 amide bonds. The summed E-state index contributed by atoms with van der Waals surface area (Å²) in [4.78, 5) is 15.7. The maximum absolute atomic E-state index is 14.1. The molecule has 240 valence electrons. The Kier molecular flexibility index (Phi) is 12.3. The van der Waals surface area contributed by atoms with E-state index in [1.54, 1.807) is 13.0 Å². The third-order valence-electron chi connectivity index (χ3n) is 7.31. The maximum Gasteiger partial charge on any atom is 0.258 e. The number of amides is 1. The second-order valence-electron chi connectivity index (χ2n) is 11.1. The molecule has 0 bridgehead atoms. The van der Waals surface area contributed by atoms with E-state index in [2.05, 4.69) is 4.72 Å². The smallest absolute Gasteiger partial charge is 0.258 e.